The quantitative estimate of drug-likeness (QED) is 0.711. The van der Waals surface area contributed by atoms with Gasteiger partial charge in [-0.15, -0.1) is 0 Å². The van der Waals surface area contributed by atoms with E-state index >= 15 is 0 Å². The summed E-state index contributed by atoms with van der Waals surface area (Å²) in [7, 11) is 0. The number of hydrogen-bond acceptors (Lipinski definition) is 4. The van der Waals surface area contributed by atoms with E-state index in [0.717, 1.165) is 37.4 Å². The lowest BCUT2D eigenvalue weighted by molar-refractivity contribution is 0.250. The maximum atomic E-state index is 12.0. The second kappa shape index (κ2) is 9.97. The van der Waals surface area contributed by atoms with Gasteiger partial charge in [-0.05, 0) is 43.1 Å². The van der Waals surface area contributed by atoms with Gasteiger partial charge in [-0.3, -0.25) is 0 Å². The second-order valence-corrected chi connectivity index (χ2v) is 6.65. The van der Waals surface area contributed by atoms with E-state index in [1.807, 2.05) is 32.0 Å². The number of rotatable bonds is 9. The summed E-state index contributed by atoms with van der Waals surface area (Å²) in [6.07, 6.45) is 1.01. The zero-order valence-corrected chi connectivity index (χ0v) is 16.2. The molecule has 0 aliphatic rings. The SMILES string of the molecule is CCN(CC)CCc1ccc(NC(=O)NCc2cc(C(C)C)no2)cc1. The summed E-state index contributed by atoms with van der Waals surface area (Å²) in [5.74, 6) is 0.956. The van der Waals surface area contributed by atoms with Crippen LogP contribution in [-0.4, -0.2) is 35.7 Å². The smallest absolute Gasteiger partial charge is 0.319 e. The van der Waals surface area contributed by atoms with Crippen LogP contribution in [0, 0.1) is 0 Å². The monoisotopic (exact) mass is 358 g/mol. The molecule has 0 saturated heterocycles. The number of nitrogens with zero attached hydrogens (tertiary/aromatic N) is 2. The van der Waals surface area contributed by atoms with E-state index in [2.05, 4.69) is 46.7 Å². The van der Waals surface area contributed by atoms with Gasteiger partial charge in [-0.2, -0.15) is 0 Å². The molecule has 0 aliphatic heterocycles. The zero-order valence-electron chi connectivity index (χ0n) is 16.2. The highest BCUT2D eigenvalue weighted by Gasteiger charge is 2.09. The van der Waals surface area contributed by atoms with Crippen LogP contribution in [0.3, 0.4) is 0 Å². The molecule has 1 aromatic carbocycles. The van der Waals surface area contributed by atoms with Crippen molar-refractivity contribution in [3.05, 3.63) is 47.3 Å². The van der Waals surface area contributed by atoms with Gasteiger partial charge in [0.2, 0.25) is 0 Å². The van der Waals surface area contributed by atoms with Gasteiger partial charge in [0, 0.05) is 18.3 Å². The van der Waals surface area contributed by atoms with E-state index in [1.165, 1.54) is 5.56 Å². The summed E-state index contributed by atoms with van der Waals surface area (Å²) in [6.45, 7) is 12.0. The molecule has 26 heavy (non-hydrogen) atoms. The first-order valence-electron chi connectivity index (χ1n) is 9.33. The maximum absolute atomic E-state index is 12.0. The second-order valence-electron chi connectivity index (χ2n) is 6.65. The molecule has 0 bridgehead atoms. The number of anilines is 1. The van der Waals surface area contributed by atoms with Crippen LogP contribution in [0.15, 0.2) is 34.9 Å². The minimum absolute atomic E-state index is 0.261. The Bertz CT molecular complexity index is 675. The fraction of sp³-hybridized carbons (Fsp3) is 0.500. The first-order chi connectivity index (χ1) is 12.5. The average Bonchev–Trinajstić information content (AvgIpc) is 3.12. The molecule has 0 saturated carbocycles. The number of urea groups is 1. The van der Waals surface area contributed by atoms with Crippen LogP contribution in [0.4, 0.5) is 10.5 Å². The number of likely N-dealkylation sites (N-methyl/N-ethyl adjacent to an activating group) is 1. The summed E-state index contributed by atoms with van der Waals surface area (Å²) >= 11 is 0. The third-order valence-electron chi connectivity index (χ3n) is 4.41. The van der Waals surface area contributed by atoms with E-state index in [-0.39, 0.29) is 6.03 Å². The summed E-state index contributed by atoms with van der Waals surface area (Å²) in [4.78, 5) is 14.4. The van der Waals surface area contributed by atoms with E-state index in [0.29, 0.717) is 18.2 Å². The normalized spacial score (nSPS) is 11.2. The van der Waals surface area contributed by atoms with E-state index in [9.17, 15) is 4.79 Å². The molecule has 6 nitrogen and oxygen atoms in total. The van der Waals surface area contributed by atoms with Gasteiger partial charge in [0.15, 0.2) is 5.76 Å². The van der Waals surface area contributed by atoms with Crippen LogP contribution < -0.4 is 10.6 Å². The Labute approximate surface area is 155 Å². The molecule has 2 rings (SSSR count). The highest BCUT2D eigenvalue weighted by molar-refractivity contribution is 5.89. The average molecular weight is 358 g/mol. The van der Waals surface area contributed by atoms with Crippen LogP contribution in [0.25, 0.3) is 0 Å². The fourth-order valence-electron chi connectivity index (χ4n) is 2.61. The molecule has 0 radical (unpaired) electrons. The Kier molecular flexibility index (Phi) is 7.66. The predicted octanol–water partition coefficient (Wildman–Crippen LogP) is 4.00. The van der Waals surface area contributed by atoms with Crippen LogP contribution in [0.2, 0.25) is 0 Å². The van der Waals surface area contributed by atoms with Crippen molar-refractivity contribution in [3.8, 4) is 0 Å². The Morgan fingerprint density at radius 3 is 2.46 bits per heavy atom. The van der Waals surface area contributed by atoms with Gasteiger partial charge >= 0.3 is 6.03 Å². The number of nitrogens with one attached hydrogen (secondary N) is 2. The molecule has 2 amide bonds. The highest BCUT2D eigenvalue weighted by atomic mass is 16.5. The van der Waals surface area contributed by atoms with Gasteiger partial charge in [0.25, 0.3) is 0 Å². The van der Waals surface area contributed by atoms with E-state index < -0.39 is 0 Å². The molecule has 0 fully saturated rings. The van der Waals surface area contributed by atoms with Gasteiger partial charge in [0.1, 0.15) is 0 Å². The van der Waals surface area contributed by atoms with Crippen molar-refractivity contribution in [1.29, 1.82) is 0 Å². The van der Waals surface area contributed by atoms with Crippen LogP contribution in [-0.2, 0) is 13.0 Å². The van der Waals surface area contributed by atoms with E-state index in [4.69, 9.17) is 4.52 Å². The first kappa shape index (κ1) is 20.0. The summed E-state index contributed by atoms with van der Waals surface area (Å²) in [6, 6.07) is 9.60. The standard InChI is InChI=1S/C20H30N4O2/c1-5-24(6-2)12-11-16-7-9-17(10-8-16)22-20(25)21-14-18-13-19(15(3)4)23-26-18/h7-10,13,15H,5-6,11-12,14H2,1-4H3,(H2,21,22,25). The molecule has 0 aliphatic carbocycles. The van der Waals surface area contributed by atoms with E-state index in [1.54, 1.807) is 0 Å². The largest absolute Gasteiger partial charge is 0.359 e. The molecular formula is C20H30N4O2. The molecule has 2 N–H and O–H groups in total. The van der Waals surface area contributed by atoms with Crippen LogP contribution in [0.5, 0.6) is 0 Å². The molecule has 6 heteroatoms. The minimum atomic E-state index is -0.261. The first-order valence-corrected chi connectivity index (χ1v) is 9.33. The minimum Gasteiger partial charge on any atom is -0.359 e. The molecule has 1 aromatic heterocycles. The number of benzene rings is 1. The molecule has 2 aromatic rings. The third kappa shape index (κ3) is 6.19. The highest BCUT2D eigenvalue weighted by Crippen LogP contribution is 2.14. The number of carbonyl (C=O) groups excluding carboxylic acids is 1. The molecular weight excluding hydrogens is 328 g/mol. The fourth-order valence-corrected chi connectivity index (χ4v) is 2.61. The molecule has 0 atom stereocenters. The molecule has 1 heterocycles. The summed E-state index contributed by atoms with van der Waals surface area (Å²) in [5, 5.41) is 9.59. The Balaban J connectivity index is 1.77. The molecule has 0 unspecified atom stereocenters. The van der Waals surface area contributed by atoms with Crippen molar-refractivity contribution in [2.24, 2.45) is 0 Å². The summed E-state index contributed by atoms with van der Waals surface area (Å²) in [5.41, 5.74) is 2.93. The lowest BCUT2D eigenvalue weighted by Crippen LogP contribution is -2.28. The maximum Gasteiger partial charge on any atom is 0.319 e. The third-order valence-corrected chi connectivity index (χ3v) is 4.41. The van der Waals surface area contributed by atoms with Crippen molar-refractivity contribution >= 4 is 11.7 Å². The van der Waals surface area contributed by atoms with Gasteiger partial charge in [-0.25, -0.2) is 4.79 Å². The Morgan fingerprint density at radius 1 is 1.19 bits per heavy atom. The van der Waals surface area contributed by atoms with Gasteiger partial charge in [-0.1, -0.05) is 45.0 Å². The molecule has 142 valence electrons. The van der Waals surface area contributed by atoms with Crippen LogP contribution >= 0.6 is 0 Å². The van der Waals surface area contributed by atoms with Crippen molar-refractivity contribution in [1.82, 2.24) is 15.4 Å². The number of hydrogen-bond donors (Lipinski definition) is 2. The zero-order chi connectivity index (χ0) is 18.9. The van der Waals surface area contributed by atoms with Gasteiger partial charge in [0.05, 0.1) is 12.2 Å². The van der Waals surface area contributed by atoms with Crippen molar-refractivity contribution in [2.45, 2.75) is 46.6 Å². The number of carbonyl (C=O) groups is 1. The lowest BCUT2D eigenvalue weighted by atomic mass is 10.1. The van der Waals surface area contributed by atoms with Gasteiger partial charge < -0.3 is 20.1 Å². The van der Waals surface area contributed by atoms with Crippen molar-refractivity contribution < 1.29 is 9.32 Å². The van der Waals surface area contributed by atoms with Crippen LogP contribution in [0.1, 0.15) is 50.6 Å². The van der Waals surface area contributed by atoms with Crippen molar-refractivity contribution in [3.63, 3.8) is 0 Å². The Hall–Kier alpha value is -2.34. The molecule has 0 spiro atoms. The van der Waals surface area contributed by atoms with Crippen molar-refractivity contribution in [2.75, 3.05) is 25.0 Å². The lowest BCUT2D eigenvalue weighted by Gasteiger charge is -2.17. The number of aromatic nitrogens is 1. The Morgan fingerprint density at radius 2 is 1.88 bits per heavy atom. The topological polar surface area (TPSA) is 70.4 Å². The summed E-state index contributed by atoms with van der Waals surface area (Å²) < 4.78 is 5.21. The predicted molar refractivity (Wildman–Crippen MR) is 104 cm³/mol. The number of amides is 2.